The highest BCUT2D eigenvalue weighted by molar-refractivity contribution is 5.97. The van der Waals surface area contributed by atoms with Gasteiger partial charge in [-0.3, -0.25) is 0 Å². The second-order valence-electron chi connectivity index (χ2n) is 35.0. The highest BCUT2D eigenvalue weighted by atomic mass is 15.2. The number of benzene rings is 22. The average Bonchev–Trinajstić information content (AvgIpc) is 0.797. The molecule has 674 valence electrons. The van der Waals surface area contributed by atoms with Gasteiger partial charge in [-0.2, -0.15) is 5.26 Å². The summed E-state index contributed by atoms with van der Waals surface area (Å²) in [5.74, 6) is 0. The van der Waals surface area contributed by atoms with Crippen LogP contribution in [-0.2, 0) is 0 Å². The summed E-state index contributed by atoms with van der Waals surface area (Å²) < 4.78 is 0. The molecule has 0 aromatic heterocycles. The topological polar surface area (TPSA) is 43.2 Å². The molecule has 0 radical (unpaired) electrons. The van der Waals surface area contributed by atoms with E-state index in [1.165, 1.54) is 111 Å². The van der Waals surface area contributed by atoms with Crippen molar-refractivity contribution in [1.82, 2.24) is 0 Å². The minimum Gasteiger partial charge on any atom is -0.345 e. The molecular formula is C134H103N7. The van der Waals surface area contributed by atoms with Crippen molar-refractivity contribution in [2.75, 3.05) is 50.5 Å². The van der Waals surface area contributed by atoms with Crippen LogP contribution in [0.5, 0.6) is 0 Å². The number of hydrogen-bond acceptors (Lipinski definition) is 7. The Morgan fingerprint density at radius 3 is 0.631 bits per heavy atom. The summed E-state index contributed by atoms with van der Waals surface area (Å²) in [7, 11) is 6.26. The number of anilines is 15. The monoisotopic (exact) mass is 1810 g/mol. The van der Waals surface area contributed by atoms with Gasteiger partial charge < -0.3 is 29.4 Å². The van der Waals surface area contributed by atoms with Crippen LogP contribution in [0.4, 0.5) is 85.3 Å². The summed E-state index contributed by atoms with van der Waals surface area (Å²) in [5, 5.41) is 11.8. The first-order valence-electron chi connectivity index (χ1n) is 47.8. The number of nitrogens with zero attached hydrogens (tertiary/aromatic N) is 7. The lowest BCUT2D eigenvalue weighted by atomic mass is 10.0. The molecule has 0 heterocycles. The van der Waals surface area contributed by atoms with Crippen LogP contribution in [-0.4, -0.2) is 21.1 Å². The third-order valence-electron chi connectivity index (χ3n) is 26.1. The molecule has 22 rings (SSSR count). The van der Waals surface area contributed by atoms with Crippen molar-refractivity contribution in [2.24, 2.45) is 0 Å². The largest absolute Gasteiger partial charge is 0.345 e. The Kier molecular flexibility index (Phi) is 27.5. The number of hydrogen-bond donors (Lipinski definition) is 0. The van der Waals surface area contributed by atoms with E-state index >= 15 is 0 Å². The zero-order valence-electron chi connectivity index (χ0n) is 78.9. The Bertz CT molecular complexity index is 7680. The molecule has 7 nitrogen and oxygen atoms in total. The molecule has 22 aromatic carbocycles. The van der Waals surface area contributed by atoms with Gasteiger partial charge in [0.25, 0.3) is 0 Å². The van der Waals surface area contributed by atoms with E-state index in [0.29, 0.717) is 5.56 Å². The number of nitriles is 1. The molecule has 0 spiro atoms. The van der Waals surface area contributed by atoms with E-state index in [4.69, 9.17) is 0 Å². The highest BCUT2D eigenvalue weighted by Gasteiger charge is 2.21. The summed E-state index contributed by atoms with van der Waals surface area (Å²) in [6.45, 7) is 0. The van der Waals surface area contributed by atoms with Crippen LogP contribution in [0.1, 0.15) is 5.56 Å². The zero-order valence-corrected chi connectivity index (χ0v) is 78.9. The van der Waals surface area contributed by atoms with Crippen molar-refractivity contribution < 1.29 is 0 Å². The van der Waals surface area contributed by atoms with Gasteiger partial charge in [0.05, 0.1) is 11.6 Å². The van der Waals surface area contributed by atoms with Gasteiger partial charge in [-0.25, -0.2) is 0 Å². The second kappa shape index (κ2) is 43.0. The Balaban J connectivity index is 0.000000130. The SMILES string of the molecule is CN(c1ccc(-c2ccc(N(c3ccc(-c4ccccc4)cc3)c3ccc(-c4ccccc4)cc3)cc2)cc1)c1cccc(C#N)c1.CN(c1ccc(-c2ccc(N(c3cccc(-c4ccccc4)c3)c3cccc(-c4ccccc4)c3)cc2)cc1)c1cccc2ccccc12.CN(c1ccccc1)c1ccc(-c2ccc(N(c3cccc(-c4ccccc4)c3)c3cccc(-c4ccccc4)c3)cc2)cc1. The number of fused-ring (bicyclic) bond motifs is 1. The molecule has 0 aliphatic heterocycles. The Labute approximate surface area is 828 Å². The van der Waals surface area contributed by atoms with Gasteiger partial charge in [0.2, 0.25) is 0 Å². The molecule has 0 amide bonds. The summed E-state index contributed by atoms with van der Waals surface area (Å²) in [6.07, 6.45) is 0. The lowest BCUT2D eigenvalue weighted by Crippen LogP contribution is -2.10. The third kappa shape index (κ3) is 21.1. The maximum Gasteiger partial charge on any atom is 0.0992 e. The summed E-state index contributed by atoms with van der Waals surface area (Å²) in [6, 6.07) is 204. The van der Waals surface area contributed by atoms with E-state index in [1.54, 1.807) is 0 Å². The van der Waals surface area contributed by atoms with Gasteiger partial charge in [-0.15, -0.1) is 0 Å². The highest BCUT2D eigenvalue weighted by Crippen LogP contribution is 2.45. The van der Waals surface area contributed by atoms with Crippen molar-refractivity contribution in [3.63, 3.8) is 0 Å². The Morgan fingerprint density at radius 2 is 0.333 bits per heavy atom. The lowest BCUT2D eigenvalue weighted by molar-refractivity contribution is 1.21. The molecule has 0 N–H and O–H groups in total. The van der Waals surface area contributed by atoms with Crippen LogP contribution in [0.2, 0.25) is 0 Å². The molecule has 0 saturated carbocycles. The molecule has 7 heteroatoms. The lowest BCUT2D eigenvalue weighted by Gasteiger charge is -2.27. The number of para-hydroxylation sites is 1. The Morgan fingerprint density at radius 1 is 0.142 bits per heavy atom. The van der Waals surface area contributed by atoms with Crippen molar-refractivity contribution >= 4 is 96.1 Å². The molecule has 0 aliphatic carbocycles. The summed E-state index contributed by atoms with van der Waals surface area (Å²) in [5.41, 5.74) is 38.7. The smallest absolute Gasteiger partial charge is 0.0992 e. The van der Waals surface area contributed by atoms with Crippen LogP contribution in [0, 0.1) is 11.3 Å². The van der Waals surface area contributed by atoms with Gasteiger partial charge in [0.15, 0.2) is 0 Å². The van der Waals surface area contributed by atoms with E-state index in [-0.39, 0.29) is 0 Å². The first-order valence-corrected chi connectivity index (χ1v) is 47.8. The molecule has 0 saturated heterocycles. The standard InChI is InChI=1S/C47H36N2.C44H33N3.C43H34N2/c1-48(47-24-12-18-39-17-8-9-23-46(39)47)42-29-25-37(26-30-42)38-27-31-43(32-28-38)49(44-21-10-19-40(33-44)35-13-4-2-5-14-35)45-22-11-20-41(34-45)36-15-6-3-7-16-36;1-46(44-14-8-9-33(31-44)32-45)40-23-15-38(16-24-40)39-21-29-43(30-22-39)47(41-25-17-36(18-26-41)34-10-4-2-5-11-34)42-27-19-37(20-28-42)35-12-6-3-7-13-35;1-44(39-19-9-4-10-20-39)40-27-23-35(24-28-40)36-25-29-41(30-26-36)45(42-21-11-17-37(31-42)33-13-5-2-6-14-33)43-22-12-18-38(32-43)34-15-7-3-8-16-34/h2-34H,1H3;2-31H,1H3;2-32H,1H3. The fourth-order valence-corrected chi connectivity index (χ4v) is 18.4. The molecular weight excluding hydrogens is 1710 g/mol. The fraction of sp³-hybridized carbons (Fsp3) is 0.0224. The van der Waals surface area contributed by atoms with Crippen molar-refractivity contribution in [3.05, 3.63) is 576 Å². The second-order valence-corrected chi connectivity index (χ2v) is 35.0. The minimum absolute atomic E-state index is 0.652. The predicted molar refractivity (Wildman–Crippen MR) is 598 cm³/mol. The molecule has 22 aromatic rings. The van der Waals surface area contributed by atoms with E-state index in [1.807, 2.05) is 49.5 Å². The molecule has 0 fully saturated rings. The maximum atomic E-state index is 9.30. The Hall–Kier alpha value is -18.6. The van der Waals surface area contributed by atoms with Crippen LogP contribution in [0.15, 0.2) is 570 Å². The van der Waals surface area contributed by atoms with Crippen LogP contribution in [0.25, 0.3) is 111 Å². The quantitative estimate of drug-likeness (QED) is 0.0597. The molecule has 0 unspecified atom stereocenters. The third-order valence-corrected chi connectivity index (χ3v) is 26.1. The van der Waals surface area contributed by atoms with Gasteiger partial charge >= 0.3 is 0 Å². The summed E-state index contributed by atoms with van der Waals surface area (Å²) >= 11 is 0. The van der Waals surface area contributed by atoms with Gasteiger partial charge in [-0.1, -0.05) is 388 Å². The van der Waals surface area contributed by atoms with Gasteiger partial charge in [0, 0.05) is 112 Å². The first-order chi connectivity index (χ1) is 69.6. The molecule has 141 heavy (non-hydrogen) atoms. The molecule has 0 aliphatic rings. The van der Waals surface area contributed by atoms with Crippen molar-refractivity contribution in [2.45, 2.75) is 0 Å². The van der Waals surface area contributed by atoms with Gasteiger partial charge in [0.1, 0.15) is 0 Å². The van der Waals surface area contributed by atoms with E-state index in [9.17, 15) is 5.26 Å². The van der Waals surface area contributed by atoms with E-state index in [2.05, 4.69) is 577 Å². The normalized spacial score (nSPS) is 10.8. The minimum atomic E-state index is 0.652. The number of rotatable bonds is 24. The molecule has 0 bridgehead atoms. The average molecular weight is 1810 g/mol. The summed E-state index contributed by atoms with van der Waals surface area (Å²) in [4.78, 5) is 13.6. The van der Waals surface area contributed by atoms with E-state index < -0.39 is 0 Å². The van der Waals surface area contributed by atoms with Gasteiger partial charge in [-0.05, 0) is 288 Å². The maximum absolute atomic E-state index is 9.30. The van der Waals surface area contributed by atoms with Crippen LogP contribution >= 0.6 is 0 Å². The first kappa shape index (κ1) is 90.2. The fourth-order valence-electron chi connectivity index (χ4n) is 18.4. The predicted octanol–water partition coefficient (Wildman–Crippen LogP) is 36.8. The van der Waals surface area contributed by atoms with Crippen LogP contribution in [0.3, 0.4) is 0 Å². The van der Waals surface area contributed by atoms with Crippen LogP contribution < -0.4 is 29.4 Å². The molecule has 0 atom stereocenters. The van der Waals surface area contributed by atoms with E-state index in [0.717, 1.165) is 85.1 Å². The van der Waals surface area contributed by atoms with Crippen molar-refractivity contribution in [1.29, 1.82) is 5.26 Å². The zero-order chi connectivity index (χ0) is 95.4. The van der Waals surface area contributed by atoms with Crippen molar-refractivity contribution in [3.8, 4) is 106 Å².